The predicted octanol–water partition coefficient (Wildman–Crippen LogP) is 2.05. The summed E-state index contributed by atoms with van der Waals surface area (Å²) in [6.45, 7) is 5.03. The van der Waals surface area contributed by atoms with Gasteiger partial charge in [-0.05, 0) is 38.5 Å². The van der Waals surface area contributed by atoms with Crippen LogP contribution in [0.2, 0.25) is 0 Å². The molecule has 0 atom stereocenters. The van der Waals surface area contributed by atoms with Gasteiger partial charge in [0.1, 0.15) is 0 Å². The molecule has 3 nitrogen and oxygen atoms in total. The molecule has 0 aromatic heterocycles. The van der Waals surface area contributed by atoms with E-state index in [1.165, 1.54) is 6.07 Å². The van der Waals surface area contributed by atoms with Gasteiger partial charge >= 0.3 is 0 Å². The lowest BCUT2D eigenvalue weighted by Crippen LogP contribution is -2.14. The Kier molecular flexibility index (Phi) is 3.15. The molecule has 0 fully saturated rings. The summed E-state index contributed by atoms with van der Waals surface area (Å²) in [7, 11) is -3.28. The molecule has 15 heavy (non-hydrogen) atoms. The summed E-state index contributed by atoms with van der Waals surface area (Å²) in [4.78, 5) is 0.222. The second-order valence-corrected chi connectivity index (χ2v) is 6.19. The normalized spacial score (nSPS) is 11.4. The smallest absolute Gasteiger partial charge is 0.180 e. The molecular weight excluding hydrogens is 210 g/mol. The number of sulfone groups is 1. The molecule has 1 aromatic carbocycles. The third-order valence-corrected chi connectivity index (χ3v) is 4.43. The zero-order valence-electron chi connectivity index (χ0n) is 8.98. The van der Waals surface area contributed by atoms with Crippen LogP contribution in [0.3, 0.4) is 0 Å². The standard InChI is InChI=1S/C11H13NO2S/c1-8(2)15(13,14)11-5-4-9(3)10(6-11)7-12/h4-6,8H,1-3H3. The van der Waals surface area contributed by atoms with Gasteiger partial charge in [0.25, 0.3) is 0 Å². The fraction of sp³-hybridized carbons (Fsp3) is 0.364. The van der Waals surface area contributed by atoms with Crippen LogP contribution in [0.5, 0.6) is 0 Å². The summed E-state index contributed by atoms with van der Waals surface area (Å²) >= 11 is 0. The largest absolute Gasteiger partial charge is 0.223 e. The molecule has 0 aliphatic heterocycles. The lowest BCUT2D eigenvalue weighted by atomic mass is 10.1. The molecule has 0 radical (unpaired) electrons. The monoisotopic (exact) mass is 223 g/mol. The van der Waals surface area contributed by atoms with Crippen molar-refractivity contribution in [3.63, 3.8) is 0 Å². The van der Waals surface area contributed by atoms with Crippen molar-refractivity contribution in [3.8, 4) is 6.07 Å². The number of rotatable bonds is 2. The Hall–Kier alpha value is -1.34. The Morgan fingerprint density at radius 1 is 1.33 bits per heavy atom. The number of nitrogens with zero attached hydrogens (tertiary/aromatic N) is 1. The second kappa shape index (κ2) is 4.03. The summed E-state index contributed by atoms with van der Waals surface area (Å²) in [5, 5.41) is 8.34. The van der Waals surface area contributed by atoms with Crippen molar-refractivity contribution in [3.05, 3.63) is 29.3 Å². The highest BCUT2D eigenvalue weighted by Gasteiger charge is 2.19. The average molecular weight is 223 g/mol. The number of benzene rings is 1. The summed E-state index contributed by atoms with van der Waals surface area (Å²) in [6, 6.07) is 6.63. The Morgan fingerprint density at radius 2 is 1.93 bits per heavy atom. The van der Waals surface area contributed by atoms with Gasteiger partial charge in [-0.25, -0.2) is 8.42 Å². The number of hydrogen-bond donors (Lipinski definition) is 0. The van der Waals surface area contributed by atoms with Crippen LogP contribution in [0, 0.1) is 18.3 Å². The maximum Gasteiger partial charge on any atom is 0.180 e. The number of hydrogen-bond acceptors (Lipinski definition) is 3. The Labute approximate surface area is 90.3 Å². The van der Waals surface area contributed by atoms with Crippen molar-refractivity contribution < 1.29 is 8.42 Å². The van der Waals surface area contributed by atoms with Crippen molar-refractivity contribution >= 4 is 9.84 Å². The van der Waals surface area contributed by atoms with Gasteiger partial charge in [-0.3, -0.25) is 0 Å². The SMILES string of the molecule is Cc1ccc(S(=O)(=O)C(C)C)cc1C#N. The summed E-state index contributed by atoms with van der Waals surface area (Å²) in [5.74, 6) is 0. The Bertz CT molecular complexity index is 510. The van der Waals surface area contributed by atoms with Crippen LogP contribution in [-0.2, 0) is 9.84 Å². The predicted molar refractivity (Wildman–Crippen MR) is 58.2 cm³/mol. The molecule has 0 saturated heterocycles. The number of aryl methyl sites for hydroxylation is 1. The van der Waals surface area contributed by atoms with Gasteiger partial charge in [-0.15, -0.1) is 0 Å². The van der Waals surface area contributed by atoms with E-state index in [2.05, 4.69) is 0 Å². The molecule has 1 aromatic rings. The minimum Gasteiger partial charge on any atom is -0.223 e. The highest BCUT2D eigenvalue weighted by molar-refractivity contribution is 7.92. The van der Waals surface area contributed by atoms with Crippen molar-refractivity contribution in [2.24, 2.45) is 0 Å². The van der Waals surface area contributed by atoms with Crippen LogP contribution in [0.15, 0.2) is 23.1 Å². The van der Waals surface area contributed by atoms with Crippen LogP contribution in [0.4, 0.5) is 0 Å². The van der Waals surface area contributed by atoms with Gasteiger partial charge in [-0.1, -0.05) is 6.07 Å². The molecule has 0 aliphatic carbocycles. The average Bonchev–Trinajstić information content (AvgIpc) is 2.18. The van der Waals surface area contributed by atoms with E-state index in [9.17, 15) is 8.42 Å². The van der Waals surface area contributed by atoms with Crippen molar-refractivity contribution in [2.45, 2.75) is 30.9 Å². The molecule has 0 N–H and O–H groups in total. The topological polar surface area (TPSA) is 57.9 Å². The molecule has 0 amide bonds. The van der Waals surface area contributed by atoms with E-state index in [4.69, 9.17) is 5.26 Å². The van der Waals surface area contributed by atoms with Gasteiger partial charge in [0.2, 0.25) is 0 Å². The lowest BCUT2D eigenvalue weighted by molar-refractivity contribution is 0.587. The van der Waals surface area contributed by atoms with E-state index in [0.29, 0.717) is 5.56 Å². The molecule has 0 spiro atoms. The van der Waals surface area contributed by atoms with E-state index in [0.717, 1.165) is 5.56 Å². The molecule has 0 aliphatic rings. The first-order valence-corrected chi connectivity index (χ1v) is 6.19. The highest BCUT2D eigenvalue weighted by Crippen LogP contribution is 2.19. The maximum absolute atomic E-state index is 11.8. The maximum atomic E-state index is 11.8. The second-order valence-electron chi connectivity index (χ2n) is 3.68. The van der Waals surface area contributed by atoms with Gasteiger partial charge in [0.15, 0.2) is 9.84 Å². The minimum atomic E-state index is -3.28. The van der Waals surface area contributed by atoms with Gasteiger partial charge in [0, 0.05) is 0 Å². The van der Waals surface area contributed by atoms with E-state index in [-0.39, 0.29) is 4.90 Å². The summed E-state index contributed by atoms with van der Waals surface area (Å²) < 4.78 is 23.6. The van der Waals surface area contributed by atoms with Crippen LogP contribution in [-0.4, -0.2) is 13.7 Å². The molecule has 0 saturated carbocycles. The van der Waals surface area contributed by atoms with Gasteiger partial charge < -0.3 is 0 Å². The van der Waals surface area contributed by atoms with Gasteiger partial charge in [-0.2, -0.15) is 5.26 Å². The van der Waals surface area contributed by atoms with Crippen LogP contribution >= 0.6 is 0 Å². The molecular formula is C11H13NO2S. The zero-order valence-corrected chi connectivity index (χ0v) is 9.80. The molecule has 0 unspecified atom stereocenters. The first kappa shape index (κ1) is 11.7. The third kappa shape index (κ3) is 2.18. The Balaban J connectivity index is 3.37. The number of nitriles is 1. The fourth-order valence-corrected chi connectivity index (χ4v) is 2.25. The fourth-order valence-electron chi connectivity index (χ4n) is 1.17. The quantitative estimate of drug-likeness (QED) is 0.771. The minimum absolute atomic E-state index is 0.222. The lowest BCUT2D eigenvalue weighted by Gasteiger charge is -2.08. The first-order valence-electron chi connectivity index (χ1n) is 4.64. The van der Waals surface area contributed by atoms with Crippen LogP contribution < -0.4 is 0 Å². The molecule has 4 heteroatoms. The van der Waals surface area contributed by atoms with E-state index in [1.54, 1.807) is 32.9 Å². The Morgan fingerprint density at radius 3 is 2.40 bits per heavy atom. The molecule has 0 bridgehead atoms. The third-order valence-electron chi connectivity index (χ3n) is 2.28. The zero-order chi connectivity index (χ0) is 11.6. The van der Waals surface area contributed by atoms with Crippen molar-refractivity contribution in [2.75, 3.05) is 0 Å². The van der Waals surface area contributed by atoms with Crippen LogP contribution in [0.25, 0.3) is 0 Å². The van der Waals surface area contributed by atoms with E-state index in [1.807, 2.05) is 6.07 Å². The van der Waals surface area contributed by atoms with Crippen molar-refractivity contribution in [1.29, 1.82) is 5.26 Å². The summed E-state index contributed by atoms with van der Waals surface area (Å²) in [5.41, 5.74) is 1.21. The summed E-state index contributed by atoms with van der Waals surface area (Å²) in [6.07, 6.45) is 0. The van der Waals surface area contributed by atoms with E-state index < -0.39 is 15.1 Å². The highest BCUT2D eigenvalue weighted by atomic mass is 32.2. The van der Waals surface area contributed by atoms with Gasteiger partial charge in [0.05, 0.1) is 21.8 Å². The van der Waals surface area contributed by atoms with E-state index >= 15 is 0 Å². The molecule has 80 valence electrons. The van der Waals surface area contributed by atoms with Crippen molar-refractivity contribution in [1.82, 2.24) is 0 Å². The molecule has 1 rings (SSSR count). The molecule has 0 heterocycles. The first-order chi connectivity index (χ1) is 6.89. The van der Waals surface area contributed by atoms with Crippen LogP contribution in [0.1, 0.15) is 25.0 Å².